The summed E-state index contributed by atoms with van der Waals surface area (Å²) in [6.45, 7) is 12.4. The van der Waals surface area contributed by atoms with Crippen LogP contribution in [0.4, 0.5) is 4.79 Å². The van der Waals surface area contributed by atoms with Crippen LogP contribution >= 0.6 is 0 Å². The van der Waals surface area contributed by atoms with E-state index < -0.39 is 0 Å². The predicted octanol–water partition coefficient (Wildman–Crippen LogP) is 5.12. The summed E-state index contributed by atoms with van der Waals surface area (Å²) in [7, 11) is 1.61. The maximum Gasteiger partial charge on any atom is 0.406 e. The van der Waals surface area contributed by atoms with Gasteiger partial charge in [0, 0.05) is 13.5 Å². The molecule has 0 aliphatic heterocycles. The number of carbonyl (C=O) groups excluding carboxylic acids is 1. The van der Waals surface area contributed by atoms with E-state index in [1.807, 2.05) is 0 Å². The number of amides is 1. The molecular weight excluding hydrogens is 300 g/mol. The second-order valence-corrected chi connectivity index (χ2v) is 7.10. The van der Waals surface area contributed by atoms with E-state index in [9.17, 15) is 4.79 Å². The number of nitrogens with zero attached hydrogens (tertiary/aromatic N) is 1. The Labute approximate surface area is 150 Å². The van der Waals surface area contributed by atoms with Gasteiger partial charge >= 0.3 is 6.09 Å². The second kappa shape index (κ2) is 15.7. The molecule has 1 amide bonds. The fraction of sp³-hybridized carbons (Fsp3) is 0.950. The molecule has 0 rings (SSSR count). The van der Waals surface area contributed by atoms with Crippen LogP contribution in [0.1, 0.15) is 85.0 Å². The standard InChI is InChI=1S/C20H42N2O2/c1-5-8-11-15-22(16-12-9-6-2,17-13-10-7-3)18-14-19-24-20(23)21-4/h5-19H2,1-4H3/p+1. The lowest BCUT2D eigenvalue weighted by molar-refractivity contribution is -0.929. The molecule has 0 atom stereocenters. The zero-order valence-electron chi connectivity index (χ0n) is 16.9. The molecule has 0 aromatic rings. The summed E-state index contributed by atoms with van der Waals surface area (Å²) in [4.78, 5) is 11.2. The SMILES string of the molecule is CCCCC[N+](CCCCC)(CCCCC)CCCOC(=O)NC. The quantitative estimate of drug-likeness (QED) is 0.312. The highest BCUT2D eigenvalue weighted by molar-refractivity contribution is 5.66. The third kappa shape index (κ3) is 11.7. The Bertz CT molecular complexity index is 269. The Balaban J connectivity index is 4.62. The maximum absolute atomic E-state index is 11.2. The van der Waals surface area contributed by atoms with Gasteiger partial charge in [-0.2, -0.15) is 0 Å². The van der Waals surface area contributed by atoms with Gasteiger partial charge in [0.2, 0.25) is 0 Å². The van der Waals surface area contributed by atoms with Gasteiger partial charge in [-0.3, -0.25) is 0 Å². The lowest BCUT2D eigenvalue weighted by atomic mass is 10.1. The Hall–Kier alpha value is -0.770. The molecule has 0 aromatic carbocycles. The lowest BCUT2D eigenvalue weighted by Crippen LogP contribution is -2.51. The molecule has 0 bridgehead atoms. The summed E-state index contributed by atoms with van der Waals surface area (Å²) in [6, 6.07) is 0. The Morgan fingerprint density at radius 2 is 1.17 bits per heavy atom. The van der Waals surface area contributed by atoms with Crippen molar-refractivity contribution in [3.05, 3.63) is 0 Å². The third-order valence-corrected chi connectivity index (χ3v) is 4.92. The van der Waals surface area contributed by atoms with Gasteiger partial charge in [-0.25, -0.2) is 4.79 Å². The van der Waals surface area contributed by atoms with Crippen LogP contribution in [0.15, 0.2) is 0 Å². The van der Waals surface area contributed by atoms with E-state index in [4.69, 9.17) is 4.74 Å². The van der Waals surface area contributed by atoms with Crippen LogP contribution in [0, 0.1) is 0 Å². The Kier molecular flexibility index (Phi) is 15.2. The van der Waals surface area contributed by atoms with Crippen molar-refractivity contribution in [2.45, 2.75) is 85.0 Å². The van der Waals surface area contributed by atoms with Gasteiger partial charge < -0.3 is 14.5 Å². The van der Waals surface area contributed by atoms with Gasteiger partial charge in [-0.05, 0) is 38.5 Å². The minimum absolute atomic E-state index is 0.309. The summed E-state index contributed by atoms with van der Waals surface area (Å²) in [5.41, 5.74) is 0. The van der Waals surface area contributed by atoms with Crippen LogP contribution in [0.5, 0.6) is 0 Å². The van der Waals surface area contributed by atoms with Crippen molar-refractivity contribution in [2.24, 2.45) is 0 Å². The fourth-order valence-corrected chi connectivity index (χ4v) is 3.40. The molecule has 0 fully saturated rings. The van der Waals surface area contributed by atoms with Gasteiger partial charge in [0.05, 0.1) is 32.8 Å². The number of carbonyl (C=O) groups is 1. The third-order valence-electron chi connectivity index (χ3n) is 4.92. The minimum atomic E-state index is -0.309. The van der Waals surface area contributed by atoms with E-state index in [2.05, 4.69) is 26.1 Å². The van der Waals surface area contributed by atoms with Gasteiger partial charge in [0.25, 0.3) is 0 Å². The van der Waals surface area contributed by atoms with Crippen molar-refractivity contribution < 1.29 is 14.0 Å². The number of hydrogen-bond acceptors (Lipinski definition) is 2. The summed E-state index contributed by atoms with van der Waals surface area (Å²) < 4.78 is 6.44. The minimum Gasteiger partial charge on any atom is -0.449 e. The molecule has 1 N–H and O–H groups in total. The molecule has 0 unspecified atom stereocenters. The summed E-state index contributed by atoms with van der Waals surface area (Å²) in [5, 5.41) is 2.52. The molecule has 0 aliphatic rings. The average Bonchev–Trinajstić information content (AvgIpc) is 2.59. The molecule has 4 nitrogen and oxygen atoms in total. The smallest absolute Gasteiger partial charge is 0.406 e. The first-order chi connectivity index (χ1) is 11.6. The van der Waals surface area contributed by atoms with Crippen LogP contribution in [0.3, 0.4) is 0 Å². The fourth-order valence-electron chi connectivity index (χ4n) is 3.40. The molecule has 144 valence electrons. The van der Waals surface area contributed by atoms with Crippen molar-refractivity contribution in [2.75, 3.05) is 39.8 Å². The maximum atomic E-state index is 11.2. The number of quaternary nitrogens is 1. The van der Waals surface area contributed by atoms with E-state index in [0.29, 0.717) is 6.61 Å². The van der Waals surface area contributed by atoms with Crippen molar-refractivity contribution >= 4 is 6.09 Å². The van der Waals surface area contributed by atoms with Crippen LogP contribution < -0.4 is 5.32 Å². The van der Waals surface area contributed by atoms with Crippen molar-refractivity contribution in [1.82, 2.24) is 5.32 Å². The Morgan fingerprint density at radius 1 is 0.750 bits per heavy atom. The lowest BCUT2D eigenvalue weighted by Gasteiger charge is -2.39. The normalized spacial score (nSPS) is 11.5. The number of unbranched alkanes of at least 4 members (excludes halogenated alkanes) is 6. The second-order valence-electron chi connectivity index (χ2n) is 7.10. The van der Waals surface area contributed by atoms with Gasteiger partial charge in [0.15, 0.2) is 0 Å². The number of rotatable bonds is 16. The number of nitrogens with one attached hydrogen (secondary N) is 1. The van der Waals surface area contributed by atoms with Gasteiger partial charge in [-0.1, -0.05) is 40.0 Å². The van der Waals surface area contributed by atoms with E-state index in [1.54, 1.807) is 7.05 Å². The average molecular weight is 344 g/mol. The van der Waals surface area contributed by atoms with Crippen LogP contribution in [0.25, 0.3) is 0 Å². The predicted molar refractivity (Wildman–Crippen MR) is 103 cm³/mol. The monoisotopic (exact) mass is 343 g/mol. The summed E-state index contributed by atoms with van der Waals surface area (Å²) >= 11 is 0. The van der Waals surface area contributed by atoms with E-state index in [0.717, 1.165) is 13.0 Å². The topological polar surface area (TPSA) is 38.3 Å². The van der Waals surface area contributed by atoms with Crippen molar-refractivity contribution in [3.8, 4) is 0 Å². The highest BCUT2D eigenvalue weighted by atomic mass is 16.5. The molecule has 0 heterocycles. The zero-order valence-corrected chi connectivity index (χ0v) is 16.9. The number of alkyl carbamates (subject to hydrolysis) is 1. The summed E-state index contributed by atoms with van der Waals surface area (Å²) in [6.07, 6.45) is 12.5. The molecule has 0 radical (unpaired) electrons. The van der Waals surface area contributed by atoms with E-state index in [-0.39, 0.29) is 6.09 Å². The van der Waals surface area contributed by atoms with Gasteiger partial charge in [-0.15, -0.1) is 0 Å². The van der Waals surface area contributed by atoms with Crippen LogP contribution in [0.2, 0.25) is 0 Å². The highest BCUT2D eigenvalue weighted by Gasteiger charge is 2.25. The van der Waals surface area contributed by atoms with Crippen LogP contribution in [-0.2, 0) is 4.74 Å². The molecule has 4 heteroatoms. The van der Waals surface area contributed by atoms with Crippen LogP contribution in [-0.4, -0.2) is 50.4 Å². The van der Waals surface area contributed by atoms with E-state index >= 15 is 0 Å². The highest BCUT2D eigenvalue weighted by Crippen LogP contribution is 2.17. The molecule has 0 aromatic heterocycles. The molecule has 24 heavy (non-hydrogen) atoms. The molecule has 0 aliphatic carbocycles. The molecule has 0 saturated heterocycles. The van der Waals surface area contributed by atoms with Gasteiger partial charge in [0.1, 0.15) is 0 Å². The summed E-state index contributed by atoms with van der Waals surface area (Å²) in [5.74, 6) is 0. The van der Waals surface area contributed by atoms with Crippen molar-refractivity contribution in [1.29, 1.82) is 0 Å². The first-order valence-corrected chi connectivity index (χ1v) is 10.3. The molecule has 0 saturated carbocycles. The molecular formula is C20H43N2O2+. The number of ether oxygens (including phenoxy) is 1. The first-order valence-electron chi connectivity index (χ1n) is 10.3. The number of hydrogen-bond donors (Lipinski definition) is 1. The Morgan fingerprint density at radius 3 is 1.54 bits per heavy atom. The zero-order chi connectivity index (χ0) is 18.1. The largest absolute Gasteiger partial charge is 0.449 e. The first kappa shape index (κ1) is 23.2. The molecule has 0 spiro atoms. The van der Waals surface area contributed by atoms with E-state index in [1.165, 1.54) is 81.9 Å². The van der Waals surface area contributed by atoms with Crippen molar-refractivity contribution in [3.63, 3.8) is 0 Å².